The van der Waals surface area contributed by atoms with Crippen LogP contribution in [0.4, 0.5) is 11.4 Å². The molecule has 0 bridgehead atoms. The van der Waals surface area contributed by atoms with Crippen LogP contribution in [0.2, 0.25) is 0 Å². The molecular formula is C24H21N3O6. The Labute approximate surface area is 189 Å². The highest BCUT2D eigenvalue weighted by atomic mass is 16.6. The highest BCUT2D eigenvalue weighted by molar-refractivity contribution is 6.31. The van der Waals surface area contributed by atoms with Crippen LogP contribution in [0.25, 0.3) is 0 Å². The van der Waals surface area contributed by atoms with Crippen LogP contribution in [0.3, 0.4) is 0 Å². The number of anilines is 2. The molecule has 9 nitrogen and oxygen atoms in total. The summed E-state index contributed by atoms with van der Waals surface area (Å²) in [7, 11) is 0. The van der Waals surface area contributed by atoms with Gasteiger partial charge in [0, 0.05) is 23.5 Å². The number of nitrogens with one attached hydrogen (secondary N) is 2. The van der Waals surface area contributed by atoms with Crippen LogP contribution in [-0.4, -0.2) is 37.8 Å². The Hall–Kier alpha value is -4.53. The topological polar surface area (TPSA) is 107 Å². The first kappa shape index (κ1) is 21.7. The third kappa shape index (κ3) is 6.47. The Morgan fingerprint density at radius 3 is 2.45 bits per heavy atom. The van der Waals surface area contributed by atoms with Gasteiger partial charge in [-0.25, -0.2) is 0 Å². The monoisotopic (exact) mass is 447 g/mol. The quantitative estimate of drug-likeness (QED) is 0.401. The number of benzene rings is 3. The summed E-state index contributed by atoms with van der Waals surface area (Å²) in [6.45, 7) is 0.576. The fourth-order valence-electron chi connectivity index (χ4n) is 2.94. The van der Waals surface area contributed by atoms with E-state index in [0.29, 0.717) is 47.6 Å². The van der Waals surface area contributed by atoms with E-state index >= 15 is 0 Å². The molecule has 0 aromatic heterocycles. The molecule has 0 radical (unpaired) electrons. The highest BCUT2D eigenvalue weighted by Crippen LogP contribution is 2.32. The molecule has 0 unspecified atom stereocenters. The van der Waals surface area contributed by atoms with Crippen LogP contribution in [0.1, 0.15) is 0 Å². The summed E-state index contributed by atoms with van der Waals surface area (Å²) in [5, 5.41) is 8.84. The van der Waals surface area contributed by atoms with Crippen molar-refractivity contribution in [3.05, 3.63) is 72.8 Å². The number of ether oxygens (including phenoxy) is 3. The molecule has 1 heterocycles. The van der Waals surface area contributed by atoms with Gasteiger partial charge < -0.3 is 29.7 Å². The molecule has 3 aromatic carbocycles. The van der Waals surface area contributed by atoms with Gasteiger partial charge in [-0.2, -0.15) is 0 Å². The largest absolute Gasteiger partial charge is 0.486 e. The second-order valence-electron chi connectivity index (χ2n) is 6.85. The Bertz CT molecular complexity index is 1150. The summed E-state index contributed by atoms with van der Waals surface area (Å²) >= 11 is 0. The van der Waals surface area contributed by atoms with Crippen molar-refractivity contribution in [3.8, 4) is 23.0 Å². The second kappa shape index (κ2) is 10.7. The van der Waals surface area contributed by atoms with E-state index in [9.17, 15) is 9.59 Å². The van der Waals surface area contributed by atoms with Gasteiger partial charge in [0.15, 0.2) is 18.1 Å². The maximum Gasteiger partial charge on any atom is 0.270 e. The van der Waals surface area contributed by atoms with Crippen molar-refractivity contribution in [2.75, 3.05) is 30.5 Å². The normalized spacial score (nSPS) is 12.1. The first-order chi connectivity index (χ1) is 16.2. The van der Waals surface area contributed by atoms with Gasteiger partial charge in [0.05, 0.1) is 0 Å². The number of fused-ring (bicyclic) bond motifs is 1. The molecule has 3 aromatic rings. The maximum absolute atomic E-state index is 12.1. The first-order valence-electron chi connectivity index (χ1n) is 10.1. The number of rotatable bonds is 8. The second-order valence-corrected chi connectivity index (χ2v) is 6.85. The number of nitrogens with zero attached hydrogens (tertiary/aromatic N) is 1. The minimum absolute atomic E-state index is 0.364. The molecule has 33 heavy (non-hydrogen) atoms. The van der Waals surface area contributed by atoms with Crippen molar-refractivity contribution in [3.63, 3.8) is 0 Å². The third-order valence-electron chi connectivity index (χ3n) is 4.35. The summed E-state index contributed by atoms with van der Waals surface area (Å²) in [5.41, 5.74) is 1.06. The number of carbonyl (C=O) groups is 2. The average Bonchev–Trinajstić information content (AvgIpc) is 2.83. The predicted octanol–water partition coefficient (Wildman–Crippen LogP) is 3.83. The van der Waals surface area contributed by atoms with Crippen molar-refractivity contribution in [2.24, 2.45) is 5.16 Å². The van der Waals surface area contributed by atoms with E-state index in [1.54, 1.807) is 42.5 Å². The number of oxime groups is 1. The Kier molecular flexibility index (Phi) is 7.01. The minimum atomic E-state index is -0.516. The molecule has 2 N–H and O–H groups in total. The van der Waals surface area contributed by atoms with E-state index in [2.05, 4.69) is 15.8 Å². The zero-order valence-electron chi connectivity index (χ0n) is 17.5. The molecule has 0 atom stereocenters. The molecule has 0 fully saturated rings. The SMILES string of the molecule is O=C(/C=N/OCC(=O)Nc1cccc(Oc2ccccc2)c1)Nc1ccc2c(c1)OCCO2. The lowest BCUT2D eigenvalue weighted by molar-refractivity contribution is -0.120. The van der Waals surface area contributed by atoms with E-state index in [-0.39, 0.29) is 6.61 Å². The van der Waals surface area contributed by atoms with E-state index in [1.807, 2.05) is 30.3 Å². The smallest absolute Gasteiger partial charge is 0.270 e. The fourth-order valence-corrected chi connectivity index (χ4v) is 2.94. The molecular weight excluding hydrogens is 426 g/mol. The Morgan fingerprint density at radius 1 is 0.848 bits per heavy atom. The molecule has 0 aliphatic carbocycles. The molecule has 1 aliphatic heterocycles. The number of hydrogen-bond acceptors (Lipinski definition) is 7. The van der Waals surface area contributed by atoms with Gasteiger partial charge in [-0.1, -0.05) is 29.4 Å². The van der Waals surface area contributed by atoms with Crippen molar-refractivity contribution in [1.29, 1.82) is 0 Å². The van der Waals surface area contributed by atoms with Crippen molar-refractivity contribution in [1.82, 2.24) is 0 Å². The number of carbonyl (C=O) groups excluding carboxylic acids is 2. The molecule has 2 amide bonds. The fraction of sp³-hybridized carbons (Fsp3) is 0.125. The summed E-state index contributed by atoms with van der Waals surface area (Å²) in [6, 6.07) is 21.3. The molecule has 1 aliphatic rings. The van der Waals surface area contributed by atoms with Crippen LogP contribution in [0.15, 0.2) is 78.0 Å². The Balaban J connectivity index is 1.21. The molecule has 0 saturated carbocycles. The minimum Gasteiger partial charge on any atom is -0.486 e. The van der Waals surface area contributed by atoms with E-state index in [0.717, 1.165) is 6.21 Å². The van der Waals surface area contributed by atoms with Crippen LogP contribution >= 0.6 is 0 Å². The predicted molar refractivity (Wildman–Crippen MR) is 122 cm³/mol. The average molecular weight is 447 g/mol. The number of hydrogen-bond donors (Lipinski definition) is 2. The molecule has 168 valence electrons. The van der Waals surface area contributed by atoms with Gasteiger partial charge in [0.1, 0.15) is 30.9 Å². The van der Waals surface area contributed by atoms with E-state index < -0.39 is 11.8 Å². The van der Waals surface area contributed by atoms with Gasteiger partial charge in [-0.3, -0.25) is 9.59 Å². The van der Waals surface area contributed by atoms with E-state index in [1.165, 1.54) is 0 Å². The molecule has 0 saturated heterocycles. The lowest BCUT2D eigenvalue weighted by Gasteiger charge is -2.18. The molecule has 0 spiro atoms. The summed E-state index contributed by atoms with van der Waals surface area (Å²) < 4.78 is 16.6. The summed E-state index contributed by atoms with van der Waals surface area (Å²) in [6.07, 6.45) is 0.943. The van der Waals surface area contributed by atoms with Crippen LogP contribution in [0.5, 0.6) is 23.0 Å². The van der Waals surface area contributed by atoms with Gasteiger partial charge in [0.2, 0.25) is 0 Å². The van der Waals surface area contributed by atoms with Gasteiger partial charge in [0.25, 0.3) is 11.8 Å². The van der Waals surface area contributed by atoms with Crippen LogP contribution < -0.4 is 24.8 Å². The molecule has 9 heteroatoms. The van der Waals surface area contributed by atoms with Crippen LogP contribution in [-0.2, 0) is 14.4 Å². The number of amides is 2. The van der Waals surface area contributed by atoms with Crippen molar-refractivity contribution >= 4 is 29.4 Å². The third-order valence-corrected chi connectivity index (χ3v) is 4.35. The maximum atomic E-state index is 12.1. The van der Waals surface area contributed by atoms with Gasteiger partial charge >= 0.3 is 0 Å². The summed E-state index contributed by atoms with van der Waals surface area (Å²) in [5.74, 6) is 1.50. The summed E-state index contributed by atoms with van der Waals surface area (Å²) in [4.78, 5) is 29.0. The van der Waals surface area contributed by atoms with Crippen molar-refractivity contribution < 1.29 is 28.6 Å². The lowest BCUT2D eigenvalue weighted by atomic mass is 10.2. The highest BCUT2D eigenvalue weighted by Gasteiger charge is 2.12. The van der Waals surface area contributed by atoms with Gasteiger partial charge in [-0.15, -0.1) is 0 Å². The zero-order valence-corrected chi connectivity index (χ0v) is 17.5. The first-order valence-corrected chi connectivity index (χ1v) is 10.1. The number of para-hydroxylation sites is 1. The van der Waals surface area contributed by atoms with Crippen molar-refractivity contribution in [2.45, 2.75) is 0 Å². The Morgan fingerprint density at radius 2 is 1.61 bits per heavy atom. The van der Waals surface area contributed by atoms with Crippen LogP contribution in [0, 0.1) is 0 Å². The lowest BCUT2D eigenvalue weighted by Crippen LogP contribution is -2.18. The standard InChI is InChI=1S/C24H21N3O6/c28-23(26-18-9-10-21-22(14-18)31-12-11-30-21)15-25-32-16-24(29)27-17-5-4-8-20(13-17)33-19-6-2-1-3-7-19/h1-10,13-15H,11-12,16H2,(H,26,28)(H,27,29)/b25-15+. The molecule has 4 rings (SSSR count). The van der Waals surface area contributed by atoms with E-state index in [4.69, 9.17) is 19.0 Å². The van der Waals surface area contributed by atoms with Gasteiger partial charge in [-0.05, 0) is 36.4 Å². The zero-order chi connectivity index (χ0) is 22.9.